The van der Waals surface area contributed by atoms with Gasteiger partial charge < -0.3 is 13.7 Å². The number of halogens is 1. The molecule has 0 aliphatic heterocycles. The number of hydrogen-bond acceptors (Lipinski definition) is 4. The minimum atomic E-state index is -0.220. The molecule has 0 amide bonds. The Morgan fingerprint density at radius 2 is 1.88 bits per heavy atom. The Morgan fingerprint density at radius 1 is 1.12 bits per heavy atom. The van der Waals surface area contributed by atoms with Crippen molar-refractivity contribution in [1.29, 1.82) is 0 Å². The van der Waals surface area contributed by atoms with Crippen LogP contribution in [-0.2, 0) is 17.6 Å². The Labute approximate surface area is 196 Å². The van der Waals surface area contributed by atoms with E-state index in [1.54, 1.807) is 6.92 Å². The molecule has 0 N–H and O–H groups in total. The molecule has 0 aliphatic carbocycles. The average Bonchev–Trinajstić information content (AvgIpc) is 3.39. The summed E-state index contributed by atoms with van der Waals surface area (Å²) in [7, 11) is 0. The number of oxazole rings is 1. The Bertz CT molecular complexity index is 1180. The van der Waals surface area contributed by atoms with Crippen LogP contribution in [0, 0.1) is 6.92 Å². The van der Waals surface area contributed by atoms with Gasteiger partial charge in [-0.3, -0.25) is 4.79 Å². The second-order valence-electron chi connectivity index (χ2n) is 7.74. The van der Waals surface area contributed by atoms with Crippen molar-refractivity contribution in [1.82, 2.24) is 9.55 Å². The molecule has 164 valence electrons. The molecule has 1 atom stereocenters. The summed E-state index contributed by atoms with van der Waals surface area (Å²) < 4.78 is 14.6. The normalized spacial score (nSPS) is 12.0. The van der Waals surface area contributed by atoms with E-state index < -0.39 is 0 Å². The summed E-state index contributed by atoms with van der Waals surface area (Å²) in [6.07, 6.45) is 5.15. The van der Waals surface area contributed by atoms with Gasteiger partial charge in [0.2, 0.25) is 5.89 Å². The SMILES string of the molecule is CC(=O)[C@H](Cc1ccc(OCCc2nc(-c3ccccc3)oc2C)cc1)n1ccc(Br)c1. The van der Waals surface area contributed by atoms with Crippen LogP contribution in [0.4, 0.5) is 0 Å². The van der Waals surface area contributed by atoms with E-state index in [0.717, 1.165) is 32.8 Å². The lowest BCUT2D eigenvalue weighted by molar-refractivity contribution is -0.120. The van der Waals surface area contributed by atoms with Gasteiger partial charge in [0, 0.05) is 35.3 Å². The molecule has 0 unspecified atom stereocenters. The summed E-state index contributed by atoms with van der Waals surface area (Å²) in [5.74, 6) is 2.37. The van der Waals surface area contributed by atoms with Crippen molar-refractivity contribution in [2.24, 2.45) is 0 Å². The van der Waals surface area contributed by atoms with Crippen LogP contribution in [-0.4, -0.2) is 21.9 Å². The zero-order valence-corrected chi connectivity index (χ0v) is 19.7. The zero-order valence-electron chi connectivity index (χ0n) is 18.1. The molecule has 2 aromatic heterocycles. The number of rotatable bonds is 9. The van der Waals surface area contributed by atoms with Crippen LogP contribution in [0.1, 0.15) is 30.0 Å². The van der Waals surface area contributed by atoms with Gasteiger partial charge in [0.05, 0.1) is 18.3 Å². The molecule has 4 rings (SSSR count). The standard InChI is InChI=1S/C26H25BrN2O3/c1-18(30)25(29-14-12-22(27)17-29)16-20-8-10-23(11-9-20)31-15-13-24-19(2)32-26(28-24)21-6-4-3-5-7-21/h3-12,14,17,25H,13,15-16H2,1-2H3/t25-/m0/s1. The number of hydrogen-bond donors (Lipinski definition) is 0. The minimum Gasteiger partial charge on any atom is -0.493 e. The lowest BCUT2D eigenvalue weighted by Crippen LogP contribution is -2.18. The van der Waals surface area contributed by atoms with Gasteiger partial charge in [-0.15, -0.1) is 0 Å². The number of aromatic nitrogens is 2. The number of ether oxygens (including phenoxy) is 1. The van der Waals surface area contributed by atoms with Crippen LogP contribution < -0.4 is 4.74 Å². The lowest BCUT2D eigenvalue weighted by Gasteiger charge is -2.16. The summed E-state index contributed by atoms with van der Waals surface area (Å²) >= 11 is 3.44. The van der Waals surface area contributed by atoms with Crippen molar-refractivity contribution in [3.63, 3.8) is 0 Å². The van der Waals surface area contributed by atoms with Crippen LogP contribution in [0.15, 0.2) is 81.9 Å². The molecule has 2 aromatic carbocycles. The molecule has 0 spiro atoms. The van der Waals surface area contributed by atoms with E-state index in [1.165, 1.54) is 0 Å². The van der Waals surface area contributed by atoms with E-state index in [4.69, 9.17) is 9.15 Å². The third-order valence-corrected chi connectivity index (χ3v) is 5.85. The first-order valence-electron chi connectivity index (χ1n) is 10.6. The molecule has 0 bridgehead atoms. The highest BCUT2D eigenvalue weighted by Crippen LogP contribution is 2.23. The molecule has 2 heterocycles. The van der Waals surface area contributed by atoms with Gasteiger partial charge in [0.1, 0.15) is 11.5 Å². The van der Waals surface area contributed by atoms with Gasteiger partial charge in [-0.05, 0) is 65.7 Å². The van der Waals surface area contributed by atoms with Crippen LogP contribution in [0.3, 0.4) is 0 Å². The van der Waals surface area contributed by atoms with Crippen LogP contribution in [0.5, 0.6) is 5.75 Å². The smallest absolute Gasteiger partial charge is 0.226 e. The van der Waals surface area contributed by atoms with Gasteiger partial charge >= 0.3 is 0 Å². The van der Waals surface area contributed by atoms with Crippen LogP contribution in [0.2, 0.25) is 0 Å². The van der Waals surface area contributed by atoms with E-state index in [2.05, 4.69) is 20.9 Å². The van der Waals surface area contributed by atoms with Gasteiger partial charge in [-0.2, -0.15) is 0 Å². The maximum atomic E-state index is 12.1. The summed E-state index contributed by atoms with van der Waals surface area (Å²) in [4.78, 5) is 16.8. The van der Waals surface area contributed by atoms with Crippen molar-refractivity contribution in [2.75, 3.05) is 6.61 Å². The molecule has 5 nitrogen and oxygen atoms in total. The number of carbonyl (C=O) groups is 1. The highest BCUT2D eigenvalue weighted by molar-refractivity contribution is 9.10. The minimum absolute atomic E-state index is 0.131. The first kappa shape index (κ1) is 22.1. The largest absolute Gasteiger partial charge is 0.493 e. The van der Waals surface area contributed by atoms with Gasteiger partial charge in [-0.1, -0.05) is 30.3 Å². The molecule has 0 saturated carbocycles. The van der Waals surface area contributed by atoms with Gasteiger partial charge in [0.25, 0.3) is 0 Å². The maximum absolute atomic E-state index is 12.1. The molecule has 0 aliphatic rings. The van der Waals surface area contributed by atoms with Crippen molar-refractivity contribution in [3.05, 3.63) is 94.5 Å². The highest BCUT2D eigenvalue weighted by atomic mass is 79.9. The lowest BCUT2D eigenvalue weighted by atomic mass is 10.0. The monoisotopic (exact) mass is 492 g/mol. The van der Waals surface area contributed by atoms with Crippen LogP contribution >= 0.6 is 15.9 Å². The Balaban J connectivity index is 1.33. The van der Waals surface area contributed by atoms with Crippen molar-refractivity contribution in [2.45, 2.75) is 32.7 Å². The Morgan fingerprint density at radius 3 is 2.53 bits per heavy atom. The Kier molecular flexibility index (Phi) is 6.90. The van der Waals surface area contributed by atoms with Gasteiger partial charge in [-0.25, -0.2) is 4.98 Å². The summed E-state index contributed by atoms with van der Waals surface area (Å²) in [6.45, 7) is 4.07. The molecule has 0 saturated heterocycles. The third-order valence-electron chi connectivity index (χ3n) is 5.38. The van der Waals surface area contributed by atoms with Crippen LogP contribution in [0.25, 0.3) is 11.5 Å². The fourth-order valence-electron chi connectivity index (χ4n) is 3.61. The maximum Gasteiger partial charge on any atom is 0.226 e. The number of nitrogens with zero attached hydrogens (tertiary/aromatic N) is 2. The van der Waals surface area contributed by atoms with E-state index in [9.17, 15) is 4.79 Å². The number of aryl methyl sites for hydroxylation is 1. The molecular formula is C26H25BrN2O3. The van der Waals surface area contributed by atoms with E-state index in [1.807, 2.05) is 84.5 Å². The van der Waals surface area contributed by atoms with Gasteiger partial charge in [0.15, 0.2) is 5.78 Å². The number of benzene rings is 2. The quantitative estimate of drug-likeness (QED) is 0.278. The number of ketones is 1. The van der Waals surface area contributed by atoms with E-state index >= 15 is 0 Å². The third kappa shape index (κ3) is 5.37. The fourth-order valence-corrected chi connectivity index (χ4v) is 3.97. The predicted octanol–water partition coefficient (Wildman–Crippen LogP) is 6.21. The molecule has 0 fully saturated rings. The average molecular weight is 493 g/mol. The topological polar surface area (TPSA) is 57.3 Å². The molecule has 6 heteroatoms. The zero-order chi connectivity index (χ0) is 22.5. The van der Waals surface area contributed by atoms with Crippen molar-refractivity contribution < 1.29 is 13.9 Å². The molecule has 0 radical (unpaired) electrons. The second kappa shape index (κ2) is 10.0. The predicted molar refractivity (Wildman–Crippen MR) is 128 cm³/mol. The van der Waals surface area contributed by atoms with E-state index in [-0.39, 0.29) is 11.8 Å². The summed E-state index contributed by atoms with van der Waals surface area (Å²) in [5.41, 5.74) is 2.96. The fraction of sp³-hybridized carbons (Fsp3) is 0.231. The highest BCUT2D eigenvalue weighted by Gasteiger charge is 2.17. The first-order chi connectivity index (χ1) is 15.5. The van der Waals surface area contributed by atoms with E-state index in [0.29, 0.717) is 25.3 Å². The number of Topliss-reactive ketones (excluding diaryl/α,β-unsaturated/α-hetero) is 1. The second-order valence-corrected chi connectivity index (χ2v) is 8.65. The molecular weight excluding hydrogens is 468 g/mol. The van der Waals surface area contributed by atoms with Crippen molar-refractivity contribution >= 4 is 21.7 Å². The first-order valence-corrected chi connectivity index (χ1v) is 11.4. The molecule has 4 aromatic rings. The Hall–Kier alpha value is -3.12. The summed E-state index contributed by atoms with van der Waals surface area (Å²) in [6, 6.07) is 19.5. The summed E-state index contributed by atoms with van der Waals surface area (Å²) in [5, 5.41) is 0. The number of carbonyl (C=O) groups excluding carboxylic acids is 1. The molecule has 32 heavy (non-hydrogen) atoms. The van der Waals surface area contributed by atoms with Crippen molar-refractivity contribution in [3.8, 4) is 17.2 Å².